The number of methoxy groups -OCH3 is 1. The van der Waals surface area contributed by atoms with Gasteiger partial charge in [0.25, 0.3) is 0 Å². The number of nitrogens with zero attached hydrogens (tertiary/aromatic N) is 2. The van der Waals surface area contributed by atoms with Gasteiger partial charge >= 0.3 is 0 Å². The average Bonchev–Trinajstić information content (AvgIpc) is 2.55. The molecule has 0 aliphatic rings. The SMILES string of the molecule is COc1ccc(-c2[c-]nccc2)[c-]c1-c1cccc[n+]1C.[Y]. The van der Waals surface area contributed by atoms with Gasteiger partial charge in [-0.05, 0) is 11.6 Å². The van der Waals surface area contributed by atoms with Crippen molar-refractivity contribution in [2.24, 2.45) is 7.05 Å². The molecule has 4 heteroatoms. The van der Waals surface area contributed by atoms with E-state index in [0.29, 0.717) is 0 Å². The monoisotopic (exact) mass is 364 g/mol. The van der Waals surface area contributed by atoms with Gasteiger partial charge in [-0.2, -0.15) is 29.3 Å². The Kier molecular flexibility index (Phi) is 5.81. The first kappa shape index (κ1) is 16.8. The average molecular weight is 364 g/mol. The summed E-state index contributed by atoms with van der Waals surface area (Å²) >= 11 is 0. The second-order valence-corrected chi connectivity index (χ2v) is 4.67. The van der Waals surface area contributed by atoms with Crippen LogP contribution in [-0.4, -0.2) is 12.1 Å². The van der Waals surface area contributed by atoms with Crippen molar-refractivity contribution in [2.75, 3.05) is 7.11 Å². The topological polar surface area (TPSA) is 26.0 Å². The normalized spacial score (nSPS) is 9.91. The summed E-state index contributed by atoms with van der Waals surface area (Å²) in [6, 6.07) is 17.3. The van der Waals surface area contributed by atoms with E-state index in [-0.39, 0.29) is 32.7 Å². The van der Waals surface area contributed by atoms with Crippen molar-refractivity contribution in [1.29, 1.82) is 0 Å². The zero-order valence-corrected chi connectivity index (χ0v) is 15.4. The quantitative estimate of drug-likeness (QED) is 0.528. The van der Waals surface area contributed by atoms with Gasteiger partial charge in [-0.15, -0.1) is 6.07 Å². The molecule has 0 unspecified atom stereocenters. The van der Waals surface area contributed by atoms with Gasteiger partial charge in [0.05, 0.1) is 12.9 Å². The smallest absolute Gasteiger partial charge is 0.161 e. The Morgan fingerprint density at radius 1 is 1.05 bits per heavy atom. The van der Waals surface area contributed by atoms with Crippen molar-refractivity contribution in [2.45, 2.75) is 0 Å². The van der Waals surface area contributed by atoms with E-state index >= 15 is 0 Å². The zero-order chi connectivity index (χ0) is 14.7. The maximum atomic E-state index is 5.48. The second kappa shape index (κ2) is 7.62. The molecule has 0 saturated carbocycles. The van der Waals surface area contributed by atoms with Crippen molar-refractivity contribution < 1.29 is 42.0 Å². The fraction of sp³-hybridized carbons (Fsp3) is 0.111. The van der Waals surface area contributed by atoms with Crippen LogP contribution >= 0.6 is 0 Å². The summed E-state index contributed by atoms with van der Waals surface area (Å²) in [4.78, 5) is 4.04. The van der Waals surface area contributed by atoms with Crippen molar-refractivity contribution >= 4 is 0 Å². The Balaban J connectivity index is 0.00000176. The molecule has 1 radical (unpaired) electrons. The molecule has 0 fully saturated rings. The number of pyridine rings is 2. The number of rotatable bonds is 3. The predicted molar refractivity (Wildman–Crippen MR) is 80.5 cm³/mol. The maximum absolute atomic E-state index is 5.48. The van der Waals surface area contributed by atoms with Crippen LogP contribution in [0.15, 0.2) is 54.9 Å². The first-order valence-electron chi connectivity index (χ1n) is 6.68. The van der Waals surface area contributed by atoms with Gasteiger partial charge in [0, 0.05) is 38.8 Å². The fourth-order valence-corrected chi connectivity index (χ4v) is 2.26. The molecule has 3 aromatic rings. The predicted octanol–water partition coefficient (Wildman–Crippen LogP) is 2.85. The molecule has 3 nitrogen and oxygen atoms in total. The van der Waals surface area contributed by atoms with E-state index in [4.69, 9.17) is 4.74 Å². The van der Waals surface area contributed by atoms with Crippen LogP contribution in [-0.2, 0) is 39.8 Å². The van der Waals surface area contributed by atoms with Gasteiger partial charge in [-0.25, -0.2) is 4.57 Å². The van der Waals surface area contributed by atoms with Gasteiger partial charge in [0.2, 0.25) is 0 Å². The number of ether oxygens (including phenoxy) is 1. The Bertz CT molecular complexity index is 760. The van der Waals surface area contributed by atoms with Crippen LogP contribution in [0.5, 0.6) is 5.75 Å². The Hall–Kier alpha value is -1.58. The van der Waals surface area contributed by atoms with E-state index in [1.807, 2.05) is 60.3 Å². The van der Waals surface area contributed by atoms with Crippen LogP contribution in [0.4, 0.5) is 0 Å². The van der Waals surface area contributed by atoms with Crippen LogP contribution in [0.25, 0.3) is 22.4 Å². The molecule has 0 saturated heterocycles. The molecular formula is C18H15N2OY-. The molecule has 107 valence electrons. The third-order valence-electron chi connectivity index (χ3n) is 3.34. The van der Waals surface area contributed by atoms with Crippen molar-refractivity contribution in [1.82, 2.24) is 4.98 Å². The van der Waals surface area contributed by atoms with Crippen LogP contribution in [0.3, 0.4) is 0 Å². The summed E-state index contributed by atoms with van der Waals surface area (Å²) in [5.74, 6) is 0.796. The third kappa shape index (κ3) is 3.42. The fourth-order valence-electron chi connectivity index (χ4n) is 2.26. The minimum atomic E-state index is 0. The molecular weight excluding hydrogens is 349 g/mol. The van der Waals surface area contributed by atoms with Crippen molar-refractivity contribution in [3.05, 3.63) is 67.1 Å². The Morgan fingerprint density at radius 2 is 1.91 bits per heavy atom. The molecule has 2 heterocycles. The summed E-state index contributed by atoms with van der Waals surface area (Å²) < 4.78 is 7.52. The number of hydrogen-bond acceptors (Lipinski definition) is 2. The summed E-state index contributed by atoms with van der Waals surface area (Å²) in [6.07, 6.45) is 6.71. The van der Waals surface area contributed by atoms with E-state index in [2.05, 4.69) is 17.2 Å². The summed E-state index contributed by atoms with van der Waals surface area (Å²) in [5.41, 5.74) is 3.83. The maximum Gasteiger partial charge on any atom is 0.161 e. The zero-order valence-electron chi connectivity index (χ0n) is 12.6. The number of aromatic nitrogens is 2. The first-order chi connectivity index (χ1) is 10.3. The van der Waals surface area contributed by atoms with E-state index in [1.165, 1.54) is 0 Å². The van der Waals surface area contributed by atoms with Crippen LogP contribution in [0, 0.1) is 12.3 Å². The molecule has 2 aromatic heterocycles. The molecule has 0 N–H and O–H groups in total. The number of benzene rings is 1. The second-order valence-electron chi connectivity index (χ2n) is 4.67. The van der Waals surface area contributed by atoms with Gasteiger partial charge in [-0.1, -0.05) is 24.5 Å². The van der Waals surface area contributed by atoms with Gasteiger partial charge < -0.3 is 9.72 Å². The Morgan fingerprint density at radius 3 is 2.59 bits per heavy atom. The molecule has 3 rings (SSSR count). The summed E-state index contributed by atoms with van der Waals surface area (Å²) in [7, 11) is 3.68. The van der Waals surface area contributed by atoms with E-state index in [9.17, 15) is 0 Å². The third-order valence-corrected chi connectivity index (χ3v) is 3.34. The molecule has 0 bridgehead atoms. The summed E-state index contributed by atoms with van der Waals surface area (Å²) in [6.45, 7) is 0. The van der Waals surface area contributed by atoms with E-state index in [0.717, 1.165) is 28.1 Å². The molecule has 0 atom stereocenters. The first-order valence-corrected chi connectivity index (χ1v) is 6.68. The van der Waals surface area contributed by atoms with E-state index in [1.54, 1.807) is 13.3 Å². The summed E-state index contributed by atoms with van der Waals surface area (Å²) in [5, 5.41) is 0. The molecule has 1 aromatic carbocycles. The standard InChI is InChI=1S/C18H15N2O.Y/c1-20-11-4-3-7-17(20)16-12-14(8-9-18(16)21-2)15-6-5-10-19-13-15;/h3-11H,1-2H3;/q-1;. The van der Waals surface area contributed by atoms with Gasteiger partial charge in [-0.3, -0.25) is 0 Å². The molecule has 0 aliphatic carbocycles. The minimum Gasteiger partial charge on any atom is -0.531 e. The van der Waals surface area contributed by atoms with E-state index < -0.39 is 0 Å². The van der Waals surface area contributed by atoms with Crippen LogP contribution < -0.4 is 9.30 Å². The van der Waals surface area contributed by atoms with Gasteiger partial charge in [0.15, 0.2) is 11.9 Å². The molecule has 0 aliphatic heterocycles. The van der Waals surface area contributed by atoms with Crippen LogP contribution in [0.1, 0.15) is 0 Å². The Labute approximate surface area is 155 Å². The largest absolute Gasteiger partial charge is 0.531 e. The number of aryl methyl sites for hydroxylation is 1. The number of hydrogen-bond donors (Lipinski definition) is 0. The molecule has 0 amide bonds. The molecule has 0 spiro atoms. The molecule has 22 heavy (non-hydrogen) atoms. The van der Waals surface area contributed by atoms with Gasteiger partial charge in [0.1, 0.15) is 7.05 Å². The minimum absolute atomic E-state index is 0. The van der Waals surface area contributed by atoms with Crippen molar-refractivity contribution in [3.63, 3.8) is 0 Å². The van der Waals surface area contributed by atoms with Crippen molar-refractivity contribution in [3.8, 4) is 28.1 Å². The van der Waals surface area contributed by atoms with Crippen LogP contribution in [0.2, 0.25) is 0 Å².